The fourth-order valence-electron chi connectivity index (χ4n) is 3.68. The Morgan fingerprint density at radius 1 is 0.892 bits per heavy atom. The zero-order valence-corrected chi connectivity index (χ0v) is 21.9. The van der Waals surface area contributed by atoms with Crippen LogP contribution in [0.2, 0.25) is 0 Å². The maximum Gasteiger partial charge on any atom is 0.164 e. The van der Waals surface area contributed by atoms with E-state index >= 15 is 0 Å². The van der Waals surface area contributed by atoms with Crippen molar-refractivity contribution < 1.29 is 14.6 Å². The molecule has 0 atom stereocenters. The fourth-order valence-corrected chi connectivity index (χ4v) is 3.94. The van der Waals surface area contributed by atoms with E-state index in [0.717, 1.165) is 21.1 Å². The van der Waals surface area contributed by atoms with Crippen molar-refractivity contribution in [1.29, 1.82) is 0 Å². The second-order valence-corrected chi connectivity index (χ2v) is 9.69. The van der Waals surface area contributed by atoms with Gasteiger partial charge >= 0.3 is 0 Å². The SMILES string of the molecule is CC(C)c1ccc2c(Nc3cc(OCc4ccc(Br)cc4)ccc3Oc3ccc(O)cc3)ncnc2n1. The van der Waals surface area contributed by atoms with Crippen molar-refractivity contribution in [2.45, 2.75) is 26.4 Å². The number of phenols is 1. The van der Waals surface area contributed by atoms with E-state index in [1.54, 1.807) is 24.3 Å². The molecule has 2 heterocycles. The number of aromatic nitrogens is 3. The van der Waals surface area contributed by atoms with Gasteiger partial charge in [-0.1, -0.05) is 41.9 Å². The van der Waals surface area contributed by atoms with Gasteiger partial charge in [0, 0.05) is 16.2 Å². The van der Waals surface area contributed by atoms with Gasteiger partial charge in [-0.2, -0.15) is 0 Å². The van der Waals surface area contributed by atoms with Gasteiger partial charge < -0.3 is 19.9 Å². The third kappa shape index (κ3) is 5.98. The normalized spacial score (nSPS) is 11.0. The molecular weight excluding hydrogens is 532 g/mol. The van der Waals surface area contributed by atoms with Crippen molar-refractivity contribution in [2.24, 2.45) is 0 Å². The summed E-state index contributed by atoms with van der Waals surface area (Å²) < 4.78 is 13.2. The molecule has 0 saturated carbocycles. The third-order valence-electron chi connectivity index (χ3n) is 5.70. The molecule has 0 saturated heterocycles. The molecule has 0 amide bonds. The minimum Gasteiger partial charge on any atom is -0.508 e. The van der Waals surface area contributed by atoms with Crippen LogP contribution in [-0.2, 0) is 6.61 Å². The van der Waals surface area contributed by atoms with E-state index in [9.17, 15) is 5.11 Å². The Morgan fingerprint density at radius 3 is 2.41 bits per heavy atom. The third-order valence-corrected chi connectivity index (χ3v) is 6.23. The predicted molar refractivity (Wildman–Crippen MR) is 148 cm³/mol. The van der Waals surface area contributed by atoms with Gasteiger partial charge in [0.25, 0.3) is 0 Å². The van der Waals surface area contributed by atoms with Crippen molar-refractivity contribution in [3.05, 3.63) is 101 Å². The largest absolute Gasteiger partial charge is 0.508 e. The number of ether oxygens (including phenoxy) is 2. The van der Waals surface area contributed by atoms with E-state index in [0.29, 0.717) is 46.9 Å². The van der Waals surface area contributed by atoms with E-state index in [2.05, 4.69) is 50.0 Å². The highest BCUT2D eigenvalue weighted by molar-refractivity contribution is 9.10. The maximum absolute atomic E-state index is 9.62. The van der Waals surface area contributed by atoms with Crippen molar-refractivity contribution in [1.82, 2.24) is 15.0 Å². The summed E-state index contributed by atoms with van der Waals surface area (Å²) in [5.74, 6) is 2.89. The lowest BCUT2D eigenvalue weighted by atomic mass is 10.1. The second kappa shape index (κ2) is 10.8. The second-order valence-electron chi connectivity index (χ2n) is 8.78. The summed E-state index contributed by atoms with van der Waals surface area (Å²) in [5.41, 5.74) is 3.30. The minimum atomic E-state index is 0.170. The Balaban J connectivity index is 1.47. The molecular formula is C29H25BrN4O3. The van der Waals surface area contributed by atoms with Gasteiger partial charge in [0.15, 0.2) is 11.4 Å². The number of hydrogen-bond donors (Lipinski definition) is 2. The molecule has 5 aromatic rings. The van der Waals surface area contributed by atoms with Gasteiger partial charge in [-0.3, -0.25) is 0 Å². The summed E-state index contributed by atoms with van der Waals surface area (Å²) in [4.78, 5) is 13.5. The molecule has 8 heteroatoms. The molecule has 0 bridgehead atoms. The molecule has 0 spiro atoms. The van der Waals surface area contributed by atoms with E-state index in [1.807, 2.05) is 54.6 Å². The van der Waals surface area contributed by atoms with E-state index in [-0.39, 0.29) is 5.75 Å². The molecule has 0 aliphatic rings. The molecule has 0 aliphatic carbocycles. The molecule has 0 aliphatic heterocycles. The van der Waals surface area contributed by atoms with Gasteiger partial charge in [0.1, 0.15) is 36.0 Å². The average molecular weight is 557 g/mol. The maximum atomic E-state index is 9.62. The Bertz CT molecular complexity index is 1520. The number of nitrogens with one attached hydrogen (secondary N) is 1. The highest BCUT2D eigenvalue weighted by atomic mass is 79.9. The monoisotopic (exact) mass is 556 g/mol. The molecule has 37 heavy (non-hydrogen) atoms. The van der Waals surface area contributed by atoms with Gasteiger partial charge in [0.2, 0.25) is 0 Å². The summed E-state index contributed by atoms with van der Waals surface area (Å²) in [7, 11) is 0. The van der Waals surface area contributed by atoms with E-state index < -0.39 is 0 Å². The lowest BCUT2D eigenvalue weighted by Crippen LogP contribution is -2.02. The number of hydrogen-bond acceptors (Lipinski definition) is 7. The number of anilines is 2. The van der Waals surface area contributed by atoms with Crippen molar-refractivity contribution in [2.75, 3.05) is 5.32 Å². The van der Waals surface area contributed by atoms with Crippen LogP contribution in [0.1, 0.15) is 31.0 Å². The zero-order valence-electron chi connectivity index (χ0n) is 20.4. The lowest BCUT2D eigenvalue weighted by molar-refractivity contribution is 0.306. The number of halogens is 1. The quantitative estimate of drug-likeness (QED) is 0.202. The molecule has 186 valence electrons. The fraction of sp³-hybridized carbons (Fsp3) is 0.138. The summed E-state index contributed by atoms with van der Waals surface area (Å²) in [5, 5.41) is 13.8. The molecule has 5 rings (SSSR count). The topological polar surface area (TPSA) is 89.4 Å². The van der Waals surface area contributed by atoms with Crippen molar-refractivity contribution in [3.63, 3.8) is 0 Å². The Hall–Kier alpha value is -4.17. The van der Waals surface area contributed by atoms with Crippen molar-refractivity contribution in [3.8, 4) is 23.0 Å². The molecule has 0 fully saturated rings. The van der Waals surface area contributed by atoms with Crippen LogP contribution >= 0.6 is 15.9 Å². The number of pyridine rings is 1. The summed E-state index contributed by atoms with van der Waals surface area (Å²) in [6, 6.07) is 24.1. The summed E-state index contributed by atoms with van der Waals surface area (Å²) in [6.45, 7) is 4.62. The molecule has 0 unspecified atom stereocenters. The van der Waals surface area contributed by atoms with Crippen molar-refractivity contribution >= 4 is 38.5 Å². The average Bonchev–Trinajstić information content (AvgIpc) is 2.90. The smallest absolute Gasteiger partial charge is 0.164 e. The Kier molecular flexibility index (Phi) is 7.18. The number of phenolic OH excluding ortho intramolecular Hbond substituents is 1. The number of fused-ring (bicyclic) bond motifs is 1. The summed E-state index contributed by atoms with van der Waals surface area (Å²) >= 11 is 3.46. The number of benzene rings is 3. The molecule has 2 N–H and O–H groups in total. The summed E-state index contributed by atoms with van der Waals surface area (Å²) in [6.07, 6.45) is 1.50. The number of rotatable bonds is 8. The van der Waals surface area contributed by atoms with Gasteiger partial charge in [-0.05, 0) is 72.1 Å². The lowest BCUT2D eigenvalue weighted by Gasteiger charge is -2.16. The van der Waals surface area contributed by atoms with Crippen LogP contribution in [0, 0.1) is 0 Å². The van der Waals surface area contributed by atoms with Gasteiger partial charge in [-0.25, -0.2) is 15.0 Å². The van der Waals surface area contributed by atoms with E-state index in [1.165, 1.54) is 6.33 Å². The molecule has 0 radical (unpaired) electrons. The van der Waals surface area contributed by atoms with Gasteiger partial charge in [-0.15, -0.1) is 0 Å². The van der Waals surface area contributed by atoms with Crippen LogP contribution in [0.3, 0.4) is 0 Å². The molecule has 2 aromatic heterocycles. The first-order valence-electron chi connectivity index (χ1n) is 11.8. The molecule has 7 nitrogen and oxygen atoms in total. The number of aromatic hydroxyl groups is 1. The standard InChI is InChI=1S/C29H25BrN4O3/c1-18(2)25-13-12-24-28(33-25)31-17-32-29(24)34-26-15-23(36-16-19-3-5-20(30)6-4-19)11-14-27(26)37-22-9-7-21(35)8-10-22/h3-15,17-18,35H,16H2,1-2H3,(H,31,32,33,34). The first-order chi connectivity index (χ1) is 17.9. The first-order valence-corrected chi connectivity index (χ1v) is 12.6. The van der Waals surface area contributed by atoms with Crippen LogP contribution in [0.15, 0.2) is 89.7 Å². The number of nitrogens with zero attached hydrogens (tertiary/aromatic N) is 3. The van der Waals surface area contributed by atoms with Crippen LogP contribution < -0.4 is 14.8 Å². The minimum absolute atomic E-state index is 0.170. The highest BCUT2D eigenvalue weighted by Crippen LogP contribution is 2.36. The van der Waals surface area contributed by atoms with Gasteiger partial charge in [0.05, 0.1) is 11.1 Å². The van der Waals surface area contributed by atoms with Crippen LogP contribution in [0.25, 0.3) is 11.0 Å². The van der Waals surface area contributed by atoms with Crippen LogP contribution in [0.4, 0.5) is 11.5 Å². The van der Waals surface area contributed by atoms with E-state index in [4.69, 9.17) is 9.47 Å². The van der Waals surface area contributed by atoms with Crippen LogP contribution in [-0.4, -0.2) is 20.1 Å². The Morgan fingerprint density at radius 2 is 1.65 bits per heavy atom. The Labute approximate surface area is 223 Å². The predicted octanol–water partition coefficient (Wildman–Crippen LogP) is 7.73. The highest BCUT2D eigenvalue weighted by Gasteiger charge is 2.13. The van der Waals surface area contributed by atoms with Crippen LogP contribution in [0.5, 0.6) is 23.0 Å². The zero-order chi connectivity index (χ0) is 25.8. The first kappa shape index (κ1) is 24.5. The molecule has 3 aromatic carbocycles.